The van der Waals surface area contributed by atoms with Crippen LogP contribution in [0.15, 0.2) is 27.1 Å². The first-order valence-corrected chi connectivity index (χ1v) is 7.23. The van der Waals surface area contributed by atoms with Crippen LogP contribution in [0, 0.1) is 0 Å². The number of esters is 1. The van der Waals surface area contributed by atoms with Crippen LogP contribution in [0.4, 0.5) is 0 Å². The predicted octanol–water partition coefficient (Wildman–Crippen LogP) is 4.66. The van der Waals surface area contributed by atoms with Gasteiger partial charge in [-0.1, -0.05) is 51.8 Å². The minimum absolute atomic E-state index is 0.130. The van der Waals surface area contributed by atoms with Crippen LogP contribution in [0.25, 0.3) is 0 Å². The summed E-state index contributed by atoms with van der Waals surface area (Å²) in [6.07, 6.45) is 1.28. The van der Waals surface area contributed by atoms with Crippen LogP contribution in [0.3, 0.4) is 0 Å². The van der Waals surface area contributed by atoms with Gasteiger partial charge in [0, 0.05) is 8.95 Å². The molecule has 94 valence electrons. The van der Waals surface area contributed by atoms with E-state index in [1.54, 1.807) is 0 Å². The van der Waals surface area contributed by atoms with Gasteiger partial charge < -0.3 is 4.74 Å². The third-order valence-corrected chi connectivity index (χ3v) is 3.61. The van der Waals surface area contributed by atoms with Gasteiger partial charge in [-0.3, -0.25) is 4.79 Å². The van der Waals surface area contributed by atoms with Crippen molar-refractivity contribution in [3.8, 4) is 0 Å². The molecule has 0 saturated heterocycles. The third-order valence-electron chi connectivity index (χ3n) is 2.43. The highest BCUT2D eigenvalue weighted by molar-refractivity contribution is 9.11. The maximum absolute atomic E-state index is 11.5. The quantitative estimate of drug-likeness (QED) is 0.711. The molecule has 17 heavy (non-hydrogen) atoms. The molecule has 0 bridgehead atoms. The van der Waals surface area contributed by atoms with E-state index >= 15 is 0 Å². The fraction of sp³-hybridized carbons (Fsp3) is 0.462. The maximum atomic E-state index is 11.5. The highest BCUT2D eigenvalue weighted by Crippen LogP contribution is 2.29. The van der Waals surface area contributed by atoms with Crippen molar-refractivity contribution in [2.24, 2.45) is 0 Å². The number of hydrogen-bond acceptors (Lipinski definition) is 2. The molecular weight excluding hydrogens is 348 g/mol. The summed E-state index contributed by atoms with van der Waals surface area (Å²) in [4.78, 5) is 11.5. The SMILES string of the molecule is CCCOC(=O)CC(C)c1ccc(Br)cc1Br. The van der Waals surface area contributed by atoms with Gasteiger partial charge in [0.1, 0.15) is 0 Å². The van der Waals surface area contributed by atoms with Gasteiger partial charge in [-0.25, -0.2) is 0 Å². The summed E-state index contributed by atoms with van der Waals surface area (Å²) in [5.41, 5.74) is 1.13. The fourth-order valence-corrected chi connectivity index (χ4v) is 2.97. The average molecular weight is 364 g/mol. The van der Waals surface area contributed by atoms with Gasteiger partial charge in [-0.15, -0.1) is 0 Å². The zero-order valence-corrected chi connectivity index (χ0v) is 13.2. The van der Waals surface area contributed by atoms with Crippen LogP contribution in [-0.2, 0) is 9.53 Å². The van der Waals surface area contributed by atoms with Crippen LogP contribution in [0.1, 0.15) is 38.2 Å². The van der Waals surface area contributed by atoms with Gasteiger partial charge in [-0.2, -0.15) is 0 Å². The van der Waals surface area contributed by atoms with Gasteiger partial charge in [0.05, 0.1) is 13.0 Å². The van der Waals surface area contributed by atoms with Gasteiger partial charge in [0.2, 0.25) is 0 Å². The smallest absolute Gasteiger partial charge is 0.306 e. The Labute approximate surface area is 119 Å². The summed E-state index contributed by atoms with van der Waals surface area (Å²) in [6, 6.07) is 5.99. The van der Waals surface area contributed by atoms with E-state index in [9.17, 15) is 4.79 Å². The maximum Gasteiger partial charge on any atom is 0.306 e. The van der Waals surface area contributed by atoms with Crippen molar-refractivity contribution in [1.29, 1.82) is 0 Å². The molecule has 0 fully saturated rings. The molecule has 0 radical (unpaired) electrons. The lowest BCUT2D eigenvalue weighted by molar-refractivity contribution is -0.144. The highest BCUT2D eigenvalue weighted by Gasteiger charge is 2.14. The van der Waals surface area contributed by atoms with E-state index in [-0.39, 0.29) is 11.9 Å². The summed E-state index contributed by atoms with van der Waals surface area (Å²) in [5, 5.41) is 0. The molecule has 2 nitrogen and oxygen atoms in total. The van der Waals surface area contributed by atoms with Crippen molar-refractivity contribution in [2.45, 2.75) is 32.6 Å². The first-order valence-electron chi connectivity index (χ1n) is 5.65. The van der Waals surface area contributed by atoms with Crippen molar-refractivity contribution in [3.05, 3.63) is 32.7 Å². The topological polar surface area (TPSA) is 26.3 Å². The second-order valence-electron chi connectivity index (χ2n) is 3.99. The van der Waals surface area contributed by atoms with E-state index < -0.39 is 0 Å². The number of hydrogen-bond donors (Lipinski definition) is 0. The van der Waals surface area contributed by atoms with Crippen LogP contribution < -0.4 is 0 Å². The van der Waals surface area contributed by atoms with Crippen LogP contribution in [0.5, 0.6) is 0 Å². The summed E-state index contributed by atoms with van der Waals surface area (Å²) >= 11 is 6.92. The van der Waals surface area contributed by atoms with Crippen molar-refractivity contribution < 1.29 is 9.53 Å². The van der Waals surface area contributed by atoms with Crippen molar-refractivity contribution >= 4 is 37.8 Å². The molecule has 0 N–H and O–H groups in total. The van der Waals surface area contributed by atoms with Crippen molar-refractivity contribution in [1.82, 2.24) is 0 Å². The van der Waals surface area contributed by atoms with Crippen molar-refractivity contribution in [2.75, 3.05) is 6.61 Å². The molecule has 0 spiro atoms. The molecule has 0 heterocycles. The molecule has 0 aliphatic heterocycles. The minimum atomic E-state index is -0.130. The van der Waals surface area contributed by atoms with E-state index in [0.717, 1.165) is 20.9 Å². The molecule has 4 heteroatoms. The lowest BCUT2D eigenvalue weighted by Crippen LogP contribution is -2.09. The minimum Gasteiger partial charge on any atom is -0.466 e. The standard InChI is InChI=1S/C13H16Br2O2/c1-3-6-17-13(16)7-9(2)11-5-4-10(14)8-12(11)15/h4-5,8-9H,3,6-7H2,1-2H3. The van der Waals surface area contributed by atoms with E-state index in [1.165, 1.54) is 0 Å². The first-order chi connectivity index (χ1) is 8.04. The van der Waals surface area contributed by atoms with Crippen LogP contribution in [0.2, 0.25) is 0 Å². The molecule has 0 aliphatic carbocycles. The summed E-state index contributed by atoms with van der Waals surface area (Å²) < 4.78 is 7.12. The Hall–Kier alpha value is -0.350. The van der Waals surface area contributed by atoms with Gasteiger partial charge in [0.15, 0.2) is 0 Å². The van der Waals surface area contributed by atoms with Gasteiger partial charge in [-0.05, 0) is 30.0 Å². The Kier molecular flexibility index (Phi) is 6.20. The molecule has 1 unspecified atom stereocenters. The van der Waals surface area contributed by atoms with Gasteiger partial charge in [0.25, 0.3) is 0 Å². The molecule has 0 amide bonds. The molecule has 0 saturated carbocycles. The Morgan fingerprint density at radius 3 is 2.71 bits per heavy atom. The summed E-state index contributed by atoms with van der Waals surface area (Å²) in [5.74, 6) is 0.0241. The Morgan fingerprint density at radius 2 is 2.12 bits per heavy atom. The Balaban J connectivity index is 2.63. The first kappa shape index (κ1) is 14.7. The van der Waals surface area contributed by atoms with Crippen LogP contribution in [-0.4, -0.2) is 12.6 Å². The van der Waals surface area contributed by atoms with E-state index in [1.807, 2.05) is 32.0 Å². The normalized spacial score (nSPS) is 12.2. The van der Waals surface area contributed by atoms with Crippen molar-refractivity contribution in [3.63, 3.8) is 0 Å². The molecular formula is C13H16Br2O2. The second-order valence-corrected chi connectivity index (χ2v) is 5.76. The molecule has 0 aromatic heterocycles. The van der Waals surface area contributed by atoms with E-state index in [4.69, 9.17) is 4.74 Å². The molecule has 0 aliphatic rings. The number of rotatable bonds is 5. The lowest BCUT2D eigenvalue weighted by Gasteiger charge is -2.13. The highest BCUT2D eigenvalue weighted by atomic mass is 79.9. The number of carbonyl (C=O) groups excluding carboxylic acids is 1. The molecule has 1 atom stereocenters. The van der Waals surface area contributed by atoms with Crippen LogP contribution >= 0.6 is 31.9 Å². The third kappa shape index (κ3) is 4.80. The largest absolute Gasteiger partial charge is 0.466 e. The van der Waals surface area contributed by atoms with E-state index in [0.29, 0.717) is 13.0 Å². The number of carbonyl (C=O) groups is 1. The summed E-state index contributed by atoms with van der Waals surface area (Å²) in [7, 11) is 0. The molecule has 1 aromatic rings. The lowest BCUT2D eigenvalue weighted by atomic mass is 9.98. The number of benzene rings is 1. The zero-order chi connectivity index (χ0) is 12.8. The van der Waals surface area contributed by atoms with Gasteiger partial charge >= 0.3 is 5.97 Å². The molecule has 1 aromatic carbocycles. The van der Waals surface area contributed by atoms with E-state index in [2.05, 4.69) is 31.9 Å². The predicted molar refractivity (Wildman–Crippen MR) is 76.1 cm³/mol. The number of halogens is 2. The Bertz CT molecular complexity index is 391. The Morgan fingerprint density at radius 1 is 1.41 bits per heavy atom. The summed E-state index contributed by atoms with van der Waals surface area (Å²) in [6.45, 7) is 4.52. The number of ether oxygens (including phenoxy) is 1. The fourth-order valence-electron chi connectivity index (χ4n) is 1.54. The molecule has 1 rings (SSSR count). The monoisotopic (exact) mass is 362 g/mol. The second kappa shape index (κ2) is 7.17. The average Bonchev–Trinajstić information content (AvgIpc) is 2.26. The zero-order valence-electron chi connectivity index (χ0n) is 10.0.